The van der Waals surface area contributed by atoms with Crippen LogP contribution in [-0.4, -0.2) is 82.4 Å². The Labute approximate surface area is 514 Å². The van der Waals surface area contributed by atoms with Gasteiger partial charge in [0, 0.05) is 135 Å². The van der Waals surface area contributed by atoms with Gasteiger partial charge in [0.25, 0.3) is 0 Å². The molecule has 0 aliphatic carbocycles. The van der Waals surface area contributed by atoms with Crippen LogP contribution in [0.1, 0.15) is 55.4 Å². The Bertz CT molecular complexity index is 2030. The summed E-state index contributed by atoms with van der Waals surface area (Å²) in [7, 11) is -12.7. The third-order valence-corrected chi connectivity index (χ3v) is 7.73. The van der Waals surface area contributed by atoms with Crippen LogP contribution < -0.4 is 117 Å². The zero-order valence-corrected chi connectivity index (χ0v) is 50.7. The molecule has 0 saturated heterocycles. The van der Waals surface area contributed by atoms with Crippen LogP contribution in [-0.2, 0) is 0 Å². The standard InChI is InChI=1S/8C7H10NO.4BFO2/c8*1-2-9-8-6-4-3-5-7-8;4*2-1(3)4/h8*3-7H,2H2,1H3;;;;/q8*+1;4*-2. The zero-order valence-electron chi connectivity index (χ0n) is 50.7. The van der Waals surface area contributed by atoms with E-state index >= 15 is 0 Å². The Balaban J connectivity index is -0.000000443. The molecule has 0 atom stereocenters. The average Bonchev–Trinajstić information content (AvgIpc) is 3.53. The first-order chi connectivity index (χ1) is 42.4. The topological polar surface area (TPSA) is 289 Å². The number of hydrogen-bond acceptors (Lipinski definition) is 16. The second-order valence-corrected chi connectivity index (χ2v) is 14.3. The van der Waals surface area contributed by atoms with Crippen molar-refractivity contribution in [2.75, 3.05) is 52.9 Å². The summed E-state index contributed by atoms with van der Waals surface area (Å²) >= 11 is 0. The Kier molecular flexibility index (Phi) is 65.6. The minimum atomic E-state index is -3.17. The molecule has 0 aliphatic rings. The molecule has 8 heterocycles. The smallest absolute Gasteiger partial charge is 0.222 e. The largest absolute Gasteiger partial charge is 0.867 e. The maximum Gasteiger partial charge on any atom is 0.222 e. The predicted octanol–water partition coefficient (Wildman–Crippen LogP) is -5.97. The summed E-state index contributed by atoms with van der Waals surface area (Å²) in [5, 5.41) is 66.4. The van der Waals surface area contributed by atoms with Crippen LogP contribution >= 0.6 is 0 Å². The lowest BCUT2D eigenvalue weighted by Gasteiger charge is -2.09. The molecule has 24 nitrogen and oxygen atoms in total. The first-order valence-corrected chi connectivity index (χ1v) is 27.0. The van der Waals surface area contributed by atoms with Gasteiger partial charge in [-0.3, -0.25) is 38.7 Å². The molecule has 480 valence electrons. The lowest BCUT2D eigenvalue weighted by atomic mass is 10.3. The predicted molar refractivity (Wildman–Crippen MR) is 298 cm³/mol. The maximum absolute atomic E-state index is 9.89. The highest BCUT2D eigenvalue weighted by Crippen LogP contribution is 1.79. The molecule has 88 heavy (non-hydrogen) atoms. The number of nitrogens with zero attached hydrogens (tertiary/aromatic N) is 8. The number of rotatable bonds is 16. The molecule has 0 unspecified atom stereocenters. The highest BCUT2D eigenvalue weighted by atomic mass is 19.1. The fourth-order valence-electron chi connectivity index (χ4n) is 4.94. The van der Waals surface area contributed by atoms with Crippen LogP contribution in [0.5, 0.6) is 0 Å². The molecule has 0 bridgehead atoms. The molecule has 0 spiro atoms. The van der Waals surface area contributed by atoms with E-state index in [1.165, 1.54) is 0 Å². The van der Waals surface area contributed by atoms with E-state index in [1.807, 2.05) is 300 Å². The molecular formula is C56H80B4F4N8O16. The van der Waals surface area contributed by atoms with Gasteiger partial charge in [0.15, 0.2) is 52.9 Å². The lowest BCUT2D eigenvalue weighted by molar-refractivity contribution is -0.891. The van der Waals surface area contributed by atoms with E-state index in [2.05, 4.69) is 0 Å². The van der Waals surface area contributed by atoms with E-state index < -0.39 is 29.6 Å². The SMILES string of the molecule is CCO[n+]1ccccc1.CCO[n+]1ccccc1.CCO[n+]1ccccc1.CCO[n+]1ccccc1.CCO[n+]1ccccc1.CCO[n+]1ccccc1.CCO[n+]1ccccc1.CCO[n+]1ccccc1.[O-]B([O-])F.[O-]B([O-])F.[O-]B([O-])F.[O-]B([O-])F. The summed E-state index contributed by atoms with van der Waals surface area (Å²) in [6.07, 6.45) is 29.8. The van der Waals surface area contributed by atoms with Crippen molar-refractivity contribution in [2.45, 2.75) is 55.4 Å². The first kappa shape index (κ1) is 85.7. The summed E-state index contributed by atoms with van der Waals surface area (Å²) in [4.78, 5) is 41.0. The van der Waals surface area contributed by atoms with Crippen molar-refractivity contribution in [2.24, 2.45) is 0 Å². The molecule has 0 amide bonds. The number of pyridine rings is 8. The van der Waals surface area contributed by atoms with Crippen molar-refractivity contribution in [3.63, 3.8) is 0 Å². The zero-order chi connectivity index (χ0) is 66.5. The molecule has 0 N–H and O–H groups in total. The van der Waals surface area contributed by atoms with Crippen LogP contribution in [0.25, 0.3) is 0 Å². The van der Waals surface area contributed by atoms with E-state index in [0.717, 1.165) is 0 Å². The van der Waals surface area contributed by atoms with Crippen molar-refractivity contribution >= 4 is 29.6 Å². The Morgan fingerprint density at radius 2 is 0.261 bits per heavy atom. The van der Waals surface area contributed by atoms with E-state index in [-0.39, 0.29) is 0 Å². The van der Waals surface area contributed by atoms with E-state index in [1.54, 1.807) is 37.8 Å². The fraction of sp³-hybridized carbons (Fsp3) is 0.286. The van der Waals surface area contributed by atoms with Gasteiger partial charge in [-0.2, -0.15) is 0 Å². The molecule has 0 aromatic carbocycles. The second-order valence-electron chi connectivity index (χ2n) is 14.3. The molecule has 32 heteroatoms. The normalized spacial score (nSPS) is 8.59. The molecular weight excluding hydrogens is 1160 g/mol. The Morgan fingerprint density at radius 3 is 0.318 bits per heavy atom. The van der Waals surface area contributed by atoms with Gasteiger partial charge in [-0.15, -0.1) is 0 Å². The Hall–Kier alpha value is -8.74. The summed E-state index contributed by atoms with van der Waals surface area (Å²) in [6.45, 7) is 21.3. The minimum absolute atomic E-state index is 0.703. The molecule has 0 radical (unpaired) electrons. The summed E-state index contributed by atoms with van der Waals surface area (Å²) in [5.74, 6) is 0. The van der Waals surface area contributed by atoms with E-state index in [0.29, 0.717) is 52.9 Å². The minimum Gasteiger partial charge on any atom is -0.867 e. The van der Waals surface area contributed by atoms with Gasteiger partial charge in [-0.25, -0.2) is 0 Å². The molecule has 8 rings (SSSR count). The van der Waals surface area contributed by atoms with Gasteiger partial charge < -0.3 is 57.5 Å². The van der Waals surface area contributed by atoms with Gasteiger partial charge in [0.05, 0.1) is 0 Å². The van der Waals surface area contributed by atoms with Crippen molar-refractivity contribution in [3.05, 3.63) is 245 Å². The first-order valence-electron chi connectivity index (χ1n) is 27.0. The quantitative estimate of drug-likeness (QED) is 0.0495. The molecule has 8 aromatic rings. The third-order valence-electron chi connectivity index (χ3n) is 7.73. The van der Waals surface area contributed by atoms with E-state index in [4.69, 9.17) is 78.9 Å². The summed E-state index contributed by atoms with van der Waals surface area (Å²) in [5.41, 5.74) is 0. The fourth-order valence-corrected chi connectivity index (χ4v) is 4.94. The highest BCUT2D eigenvalue weighted by molar-refractivity contribution is 6.27. The van der Waals surface area contributed by atoms with E-state index in [9.17, 15) is 17.3 Å². The van der Waals surface area contributed by atoms with Crippen LogP contribution in [0.2, 0.25) is 0 Å². The van der Waals surface area contributed by atoms with Crippen molar-refractivity contribution in [1.29, 1.82) is 0 Å². The van der Waals surface area contributed by atoms with Crippen LogP contribution in [0.3, 0.4) is 0 Å². The molecule has 8 aromatic heterocycles. The summed E-state index contributed by atoms with van der Waals surface area (Å²) < 4.78 is 53.0. The lowest BCUT2D eigenvalue weighted by Crippen LogP contribution is -2.41. The van der Waals surface area contributed by atoms with Crippen LogP contribution in [0, 0.1) is 0 Å². The van der Waals surface area contributed by atoms with Crippen LogP contribution in [0.15, 0.2) is 245 Å². The number of halogens is 4. The second kappa shape index (κ2) is 67.4. The van der Waals surface area contributed by atoms with Gasteiger partial charge in [0.1, 0.15) is 29.6 Å². The van der Waals surface area contributed by atoms with Gasteiger partial charge in [0.2, 0.25) is 99.1 Å². The number of aromatic nitrogens is 8. The average molecular weight is 1240 g/mol. The molecule has 0 saturated carbocycles. The monoisotopic (exact) mass is 1240 g/mol. The van der Waals surface area contributed by atoms with Crippen molar-refractivity contribution in [3.8, 4) is 0 Å². The van der Waals surface area contributed by atoms with Gasteiger partial charge in [-0.05, 0) is 55.4 Å². The third kappa shape index (κ3) is 71.5. The van der Waals surface area contributed by atoms with Crippen LogP contribution in [0.4, 0.5) is 17.3 Å². The number of hydrogen-bond donors (Lipinski definition) is 0. The highest BCUT2D eigenvalue weighted by Gasteiger charge is 1.97. The summed E-state index contributed by atoms with van der Waals surface area (Å²) in [6, 6.07) is 46.5. The van der Waals surface area contributed by atoms with Gasteiger partial charge in [-0.1, -0.05) is 48.5 Å². The maximum atomic E-state index is 9.89. The molecule has 0 fully saturated rings. The Morgan fingerprint density at radius 1 is 0.193 bits per heavy atom. The van der Waals surface area contributed by atoms with Gasteiger partial charge >= 0.3 is 0 Å². The van der Waals surface area contributed by atoms with Crippen molar-refractivity contribution < 1.29 is 134 Å². The van der Waals surface area contributed by atoms with Crippen molar-refractivity contribution in [1.82, 2.24) is 0 Å². The molecule has 0 aliphatic heterocycles.